The van der Waals surface area contributed by atoms with Crippen LogP contribution < -0.4 is 5.32 Å². The summed E-state index contributed by atoms with van der Waals surface area (Å²) in [6.07, 6.45) is 0.909. The van der Waals surface area contributed by atoms with Gasteiger partial charge in [0.05, 0.1) is 4.90 Å². The molecule has 0 atom stereocenters. The van der Waals surface area contributed by atoms with Crippen LogP contribution in [0.5, 0.6) is 0 Å². The zero-order valence-corrected chi connectivity index (χ0v) is 18.9. The zero-order valence-electron chi connectivity index (χ0n) is 17.3. The predicted octanol–water partition coefficient (Wildman–Crippen LogP) is 3.04. The summed E-state index contributed by atoms with van der Waals surface area (Å²) in [7, 11) is -3.47. The first-order valence-electron chi connectivity index (χ1n) is 9.61. The number of aryl methyl sites for hydroxylation is 2. The summed E-state index contributed by atoms with van der Waals surface area (Å²) in [5.41, 5.74) is 3.61. The molecule has 0 saturated carbocycles. The van der Waals surface area contributed by atoms with E-state index in [0.29, 0.717) is 37.2 Å². The van der Waals surface area contributed by atoms with Gasteiger partial charge in [-0.3, -0.25) is 4.79 Å². The van der Waals surface area contributed by atoms with Crippen molar-refractivity contribution in [1.29, 1.82) is 0 Å². The maximum absolute atomic E-state index is 12.5. The van der Waals surface area contributed by atoms with Crippen LogP contribution in [0.15, 0.2) is 29.2 Å². The van der Waals surface area contributed by atoms with E-state index >= 15 is 0 Å². The summed E-state index contributed by atoms with van der Waals surface area (Å²) in [4.78, 5) is 19.7. The molecule has 2 N–H and O–H groups in total. The second-order valence-corrected chi connectivity index (χ2v) is 9.07. The maximum atomic E-state index is 12.5. The maximum Gasteiger partial charge on any atom is 0.243 e. The summed E-state index contributed by atoms with van der Waals surface area (Å²) in [6, 6.07) is 6.62. The first-order valence-corrected chi connectivity index (χ1v) is 11.5. The first-order chi connectivity index (χ1) is 13.7. The third-order valence-electron chi connectivity index (χ3n) is 4.81. The number of aromatic nitrogens is 2. The van der Waals surface area contributed by atoms with Crippen molar-refractivity contribution in [2.45, 2.75) is 52.0 Å². The number of H-pyrrole nitrogens is 1. The summed E-state index contributed by atoms with van der Waals surface area (Å²) in [5.74, 6) is -0.0777. The molecule has 2 aromatic rings. The van der Waals surface area contributed by atoms with Gasteiger partial charge >= 0.3 is 0 Å². The Bertz CT molecular complexity index is 985. The molecule has 7 nitrogen and oxygen atoms in total. The van der Waals surface area contributed by atoms with E-state index in [1.807, 2.05) is 27.7 Å². The fourth-order valence-corrected chi connectivity index (χ4v) is 4.89. The molecule has 0 aliphatic carbocycles. The van der Waals surface area contributed by atoms with Crippen molar-refractivity contribution in [3.05, 3.63) is 51.6 Å². The number of nitrogens with one attached hydrogen (secondary N) is 2. The summed E-state index contributed by atoms with van der Waals surface area (Å²) in [6.45, 7) is 8.64. The van der Waals surface area contributed by atoms with Crippen LogP contribution in [0.4, 0.5) is 0 Å². The number of sulfonamides is 1. The topological polar surface area (TPSA) is 95.2 Å². The Morgan fingerprint density at radius 1 is 1.17 bits per heavy atom. The lowest BCUT2D eigenvalue weighted by Gasteiger charge is -2.18. The number of carbonyl (C=O) groups excluding carboxylic acids is 1. The fourth-order valence-electron chi connectivity index (χ4n) is 3.14. The average Bonchev–Trinajstić information content (AvgIpc) is 2.66. The Labute approximate surface area is 177 Å². The van der Waals surface area contributed by atoms with Gasteiger partial charge in [0, 0.05) is 37.4 Å². The van der Waals surface area contributed by atoms with Crippen LogP contribution in [0, 0.1) is 18.6 Å². The molecule has 0 saturated heterocycles. The zero-order chi connectivity index (χ0) is 21.6. The number of aromatic amines is 1. The van der Waals surface area contributed by atoms with Gasteiger partial charge in [-0.1, -0.05) is 26.0 Å². The third-order valence-corrected chi connectivity index (χ3v) is 7.07. The summed E-state index contributed by atoms with van der Waals surface area (Å²) in [5, 5.41) is 2.87. The Hall–Kier alpha value is -2.10. The van der Waals surface area contributed by atoms with Gasteiger partial charge in [-0.05, 0) is 55.7 Å². The van der Waals surface area contributed by atoms with Gasteiger partial charge in [-0.2, -0.15) is 4.31 Å². The molecule has 0 fully saturated rings. The highest BCUT2D eigenvalue weighted by atomic mass is 32.2. The minimum Gasteiger partial charge on any atom is -0.352 e. The molecule has 0 radical (unpaired) electrons. The number of hydrogen-bond donors (Lipinski definition) is 2. The van der Waals surface area contributed by atoms with Gasteiger partial charge in [0.15, 0.2) is 4.77 Å². The second-order valence-electron chi connectivity index (χ2n) is 6.74. The van der Waals surface area contributed by atoms with Crippen LogP contribution in [0.1, 0.15) is 42.8 Å². The van der Waals surface area contributed by atoms with Crippen molar-refractivity contribution < 1.29 is 13.2 Å². The number of nitrogens with zero attached hydrogens (tertiary/aromatic N) is 2. The van der Waals surface area contributed by atoms with Gasteiger partial charge in [-0.15, -0.1) is 0 Å². The smallest absolute Gasteiger partial charge is 0.243 e. The molecular weight excluding hydrogens is 408 g/mol. The van der Waals surface area contributed by atoms with Crippen LogP contribution >= 0.6 is 12.2 Å². The van der Waals surface area contributed by atoms with Crippen molar-refractivity contribution in [1.82, 2.24) is 19.6 Å². The van der Waals surface area contributed by atoms with Crippen LogP contribution in [0.3, 0.4) is 0 Å². The van der Waals surface area contributed by atoms with Crippen LogP contribution in [0.2, 0.25) is 0 Å². The summed E-state index contributed by atoms with van der Waals surface area (Å²) >= 11 is 5.05. The molecule has 1 heterocycles. The van der Waals surface area contributed by atoms with E-state index in [1.54, 1.807) is 24.3 Å². The van der Waals surface area contributed by atoms with Crippen molar-refractivity contribution >= 4 is 28.1 Å². The lowest BCUT2D eigenvalue weighted by atomic mass is 10.1. The molecule has 0 aliphatic rings. The summed E-state index contributed by atoms with van der Waals surface area (Å²) < 4.78 is 26.9. The predicted molar refractivity (Wildman–Crippen MR) is 116 cm³/mol. The molecule has 0 spiro atoms. The Balaban J connectivity index is 1.93. The SMILES string of the molecule is CCN(CC)S(=O)(=O)c1ccc(CNC(=O)CCc2c(C)nc(=S)[nH]c2C)cc1. The van der Waals surface area contributed by atoms with Gasteiger partial charge in [0.2, 0.25) is 15.9 Å². The Morgan fingerprint density at radius 2 is 1.79 bits per heavy atom. The van der Waals surface area contributed by atoms with E-state index < -0.39 is 10.0 Å². The molecule has 29 heavy (non-hydrogen) atoms. The normalized spacial score (nSPS) is 11.6. The molecule has 158 valence electrons. The quantitative estimate of drug-likeness (QED) is 0.589. The molecular formula is C20H28N4O3S2. The highest BCUT2D eigenvalue weighted by Crippen LogP contribution is 2.16. The van der Waals surface area contributed by atoms with Gasteiger partial charge in [0.25, 0.3) is 0 Å². The monoisotopic (exact) mass is 436 g/mol. The van der Waals surface area contributed by atoms with E-state index in [4.69, 9.17) is 12.2 Å². The molecule has 1 amide bonds. The van der Waals surface area contributed by atoms with Gasteiger partial charge < -0.3 is 10.3 Å². The largest absolute Gasteiger partial charge is 0.352 e. The minimum atomic E-state index is -3.47. The lowest BCUT2D eigenvalue weighted by Crippen LogP contribution is -2.30. The standard InChI is InChI=1S/C20H28N4O3S2/c1-5-24(6-2)29(26,27)17-9-7-16(8-10-17)13-21-19(25)12-11-18-14(3)22-20(28)23-15(18)4/h7-10H,5-6,11-13H2,1-4H3,(H,21,25)(H,22,23,28). The molecule has 0 bridgehead atoms. The van der Waals surface area contributed by atoms with Crippen molar-refractivity contribution in [3.8, 4) is 0 Å². The van der Waals surface area contributed by atoms with Gasteiger partial charge in [0.1, 0.15) is 0 Å². The number of carbonyl (C=O) groups is 1. The molecule has 1 aromatic carbocycles. The highest BCUT2D eigenvalue weighted by molar-refractivity contribution is 7.89. The molecule has 9 heteroatoms. The number of hydrogen-bond acceptors (Lipinski definition) is 5. The molecule has 2 rings (SSSR count). The highest BCUT2D eigenvalue weighted by Gasteiger charge is 2.21. The minimum absolute atomic E-state index is 0.0777. The number of benzene rings is 1. The van der Waals surface area contributed by atoms with E-state index in [2.05, 4.69) is 15.3 Å². The molecule has 0 aliphatic heterocycles. The second kappa shape index (κ2) is 10.1. The molecule has 0 unspecified atom stereocenters. The van der Waals surface area contributed by atoms with Crippen molar-refractivity contribution in [2.24, 2.45) is 0 Å². The fraction of sp³-hybridized carbons (Fsp3) is 0.450. The lowest BCUT2D eigenvalue weighted by molar-refractivity contribution is -0.121. The van der Waals surface area contributed by atoms with E-state index in [1.165, 1.54) is 4.31 Å². The van der Waals surface area contributed by atoms with E-state index in [0.717, 1.165) is 22.5 Å². The van der Waals surface area contributed by atoms with Crippen LogP contribution in [-0.4, -0.2) is 41.7 Å². The molecule has 1 aromatic heterocycles. The average molecular weight is 437 g/mol. The van der Waals surface area contributed by atoms with E-state index in [-0.39, 0.29) is 10.8 Å². The van der Waals surface area contributed by atoms with Gasteiger partial charge in [-0.25, -0.2) is 13.4 Å². The third kappa shape index (κ3) is 5.94. The van der Waals surface area contributed by atoms with Crippen LogP contribution in [-0.2, 0) is 27.8 Å². The van der Waals surface area contributed by atoms with Crippen molar-refractivity contribution in [3.63, 3.8) is 0 Å². The number of amides is 1. The number of rotatable bonds is 9. The van der Waals surface area contributed by atoms with Crippen LogP contribution in [0.25, 0.3) is 0 Å². The first kappa shape index (κ1) is 23.2. The Kier molecular flexibility index (Phi) is 8.06. The van der Waals surface area contributed by atoms with Crippen molar-refractivity contribution in [2.75, 3.05) is 13.1 Å². The Morgan fingerprint density at radius 3 is 2.34 bits per heavy atom. The van der Waals surface area contributed by atoms with E-state index in [9.17, 15) is 13.2 Å².